The monoisotopic (exact) mass is 240 g/mol. The van der Waals surface area contributed by atoms with Gasteiger partial charge in [-0.1, -0.05) is 13.0 Å². The topological polar surface area (TPSA) is 0 Å². The van der Waals surface area contributed by atoms with E-state index in [9.17, 15) is 0 Å². The zero-order valence-electron chi connectivity index (χ0n) is 8.03. The third-order valence-electron chi connectivity index (χ3n) is 1.79. The van der Waals surface area contributed by atoms with Crippen molar-refractivity contribution in [2.24, 2.45) is 0 Å². The normalized spacial score (nSPS) is 10.6. The summed E-state index contributed by atoms with van der Waals surface area (Å²) in [6, 6.07) is 8.76. The molecule has 0 aromatic carbocycles. The molecule has 0 atom stereocenters. The predicted octanol–water partition coefficient (Wildman–Crippen LogP) is 4.98. The predicted molar refractivity (Wildman–Crippen MR) is 68.6 cm³/mol. The first-order chi connectivity index (χ1) is 6.90. The minimum Gasteiger partial charge on any atom is -0.143 e. The molecule has 0 bridgehead atoms. The van der Waals surface area contributed by atoms with Crippen LogP contribution in [0.4, 0.5) is 0 Å². The van der Waals surface area contributed by atoms with Crippen molar-refractivity contribution in [3.8, 4) is 9.75 Å². The second kappa shape index (κ2) is 5.01. The molecule has 0 aliphatic rings. The van der Waals surface area contributed by atoms with Crippen molar-refractivity contribution >= 4 is 34.4 Å². The SMILES string of the molecule is CCCSc1ccc(-c2cccs2)s1. The van der Waals surface area contributed by atoms with Crippen molar-refractivity contribution in [1.82, 2.24) is 0 Å². The van der Waals surface area contributed by atoms with E-state index in [2.05, 4.69) is 36.6 Å². The fourth-order valence-corrected chi connectivity index (χ4v) is 4.05. The van der Waals surface area contributed by atoms with Gasteiger partial charge in [-0.15, -0.1) is 34.4 Å². The summed E-state index contributed by atoms with van der Waals surface area (Å²) in [5, 5.41) is 2.13. The van der Waals surface area contributed by atoms with Gasteiger partial charge < -0.3 is 0 Å². The number of thioether (sulfide) groups is 1. The van der Waals surface area contributed by atoms with Crippen LogP contribution in [-0.4, -0.2) is 5.75 Å². The van der Waals surface area contributed by atoms with Crippen LogP contribution >= 0.6 is 34.4 Å². The third-order valence-corrected chi connectivity index (χ3v) is 5.38. The summed E-state index contributed by atoms with van der Waals surface area (Å²) < 4.78 is 1.44. The molecule has 74 valence electrons. The Hall–Kier alpha value is -0.250. The lowest BCUT2D eigenvalue weighted by Gasteiger charge is -1.92. The lowest BCUT2D eigenvalue weighted by Crippen LogP contribution is -1.68. The molecule has 2 rings (SSSR count). The first-order valence-corrected chi connectivity index (χ1v) is 7.35. The minimum atomic E-state index is 1.23. The van der Waals surface area contributed by atoms with Crippen molar-refractivity contribution in [2.75, 3.05) is 5.75 Å². The molecule has 0 nitrogen and oxygen atoms in total. The summed E-state index contributed by atoms with van der Waals surface area (Å²) in [5.41, 5.74) is 0. The molecule has 14 heavy (non-hydrogen) atoms. The maximum atomic E-state index is 2.24. The lowest BCUT2D eigenvalue weighted by molar-refractivity contribution is 1.11. The second-order valence-corrected chi connectivity index (χ2v) is 6.37. The molecule has 0 spiro atoms. The highest BCUT2D eigenvalue weighted by atomic mass is 32.2. The van der Waals surface area contributed by atoms with E-state index >= 15 is 0 Å². The van der Waals surface area contributed by atoms with Crippen LogP contribution in [0.25, 0.3) is 9.75 Å². The van der Waals surface area contributed by atoms with Crippen LogP contribution in [0, 0.1) is 0 Å². The van der Waals surface area contributed by atoms with Crippen LogP contribution in [0.2, 0.25) is 0 Å². The van der Waals surface area contributed by atoms with E-state index in [1.54, 1.807) is 0 Å². The van der Waals surface area contributed by atoms with Crippen LogP contribution in [0.3, 0.4) is 0 Å². The van der Waals surface area contributed by atoms with Gasteiger partial charge in [-0.25, -0.2) is 0 Å². The largest absolute Gasteiger partial charge is 0.143 e. The van der Waals surface area contributed by atoms with Crippen LogP contribution in [0.1, 0.15) is 13.3 Å². The Morgan fingerprint density at radius 3 is 2.86 bits per heavy atom. The van der Waals surface area contributed by atoms with E-state index < -0.39 is 0 Å². The van der Waals surface area contributed by atoms with Crippen LogP contribution < -0.4 is 0 Å². The van der Waals surface area contributed by atoms with Crippen molar-refractivity contribution in [2.45, 2.75) is 17.6 Å². The summed E-state index contributed by atoms with van der Waals surface area (Å²) >= 11 is 5.68. The van der Waals surface area contributed by atoms with Crippen LogP contribution in [-0.2, 0) is 0 Å². The van der Waals surface area contributed by atoms with Gasteiger partial charge >= 0.3 is 0 Å². The van der Waals surface area contributed by atoms with E-state index in [1.165, 1.54) is 26.1 Å². The molecule has 0 N–H and O–H groups in total. The molecular weight excluding hydrogens is 228 g/mol. The molecule has 2 aromatic rings. The van der Waals surface area contributed by atoms with E-state index in [0.717, 1.165) is 0 Å². The van der Waals surface area contributed by atoms with Gasteiger partial charge in [0.2, 0.25) is 0 Å². The van der Waals surface area contributed by atoms with E-state index in [4.69, 9.17) is 0 Å². The fourth-order valence-electron chi connectivity index (χ4n) is 1.15. The number of thiophene rings is 2. The van der Waals surface area contributed by atoms with Gasteiger partial charge in [0, 0.05) is 9.75 Å². The van der Waals surface area contributed by atoms with Crippen LogP contribution in [0.15, 0.2) is 33.9 Å². The molecule has 0 aliphatic heterocycles. The molecule has 0 radical (unpaired) electrons. The summed E-state index contributed by atoms with van der Waals surface area (Å²) in [6.07, 6.45) is 1.25. The van der Waals surface area contributed by atoms with Gasteiger partial charge in [-0.05, 0) is 35.8 Å². The molecule has 3 heteroatoms. The summed E-state index contributed by atoms with van der Waals surface area (Å²) in [4.78, 5) is 2.79. The van der Waals surface area contributed by atoms with Crippen molar-refractivity contribution in [3.63, 3.8) is 0 Å². The zero-order chi connectivity index (χ0) is 9.80. The number of rotatable bonds is 4. The van der Waals surface area contributed by atoms with Gasteiger partial charge in [-0.3, -0.25) is 0 Å². The first-order valence-electron chi connectivity index (χ1n) is 4.66. The van der Waals surface area contributed by atoms with Gasteiger partial charge in [0.1, 0.15) is 0 Å². The second-order valence-electron chi connectivity index (χ2n) is 2.94. The minimum absolute atomic E-state index is 1.23. The lowest BCUT2D eigenvalue weighted by atomic mass is 10.4. The van der Waals surface area contributed by atoms with E-state index in [1.807, 2.05) is 34.4 Å². The van der Waals surface area contributed by atoms with Gasteiger partial charge in [-0.2, -0.15) is 0 Å². The molecule has 0 aliphatic carbocycles. The quantitative estimate of drug-likeness (QED) is 0.679. The average Bonchev–Trinajstić information content (AvgIpc) is 2.85. The van der Waals surface area contributed by atoms with Crippen molar-refractivity contribution in [3.05, 3.63) is 29.6 Å². The standard InChI is InChI=1S/C11H12S3/c1-2-7-13-11-6-5-10(14-11)9-4-3-8-12-9/h3-6,8H,2,7H2,1H3. The zero-order valence-corrected chi connectivity index (χ0v) is 10.5. The molecular formula is C11H12S3. The van der Waals surface area contributed by atoms with E-state index in [-0.39, 0.29) is 0 Å². The number of hydrogen-bond acceptors (Lipinski definition) is 3. The Morgan fingerprint density at radius 2 is 2.14 bits per heavy atom. The number of hydrogen-bond donors (Lipinski definition) is 0. The first kappa shape index (κ1) is 10.3. The summed E-state index contributed by atoms with van der Waals surface area (Å²) in [7, 11) is 0. The van der Waals surface area contributed by atoms with E-state index in [0.29, 0.717) is 0 Å². The molecule has 2 aromatic heterocycles. The summed E-state index contributed by atoms with van der Waals surface area (Å²) in [5.74, 6) is 1.23. The Bertz CT molecular complexity index is 373. The highest BCUT2D eigenvalue weighted by Crippen LogP contribution is 2.35. The maximum Gasteiger partial charge on any atom is 0.0605 e. The van der Waals surface area contributed by atoms with Gasteiger partial charge in [0.15, 0.2) is 0 Å². The molecule has 2 heterocycles. The highest BCUT2D eigenvalue weighted by Gasteiger charge is 2.03. The fraction of sp³-hybridized carbons (Fsp3) is 0.273. The molecule has 0 fully saturated rings. The molecule has 0 unspecified atom stereocenters. The molecule has 0 saturated heterocycles. The Kier molecular flexibility index (Phi) is 3.67. The average molecular weight is 240 g/mol. The highest BCUT2D eigenvalue weighted by molar-refractivity contribution is 8.01. The smallest absolute Gasteiger partial charge is 0.0605 e. The van der Waals surface area contributed by atoms with Crippen molar-refractivity contribution in [1.29, 1.82) is 0 Å². The van der Waals surface area contributed by atoms with Crippen LogP contribution in [0.5, 0.6) is 0 Å². The summed E-state index contributed by atoms with van der Waals surface area (Å²) in [6.45, 7) is 2.22. The van der Waals surface area contributed by atoms with Gasteiger partial charge in [0.05, 0.1) is 4.21 Å². The molecule has 0 saturated carbocycles. The van der Waals surface area contributed by atoms with Crippen molar-refractivity contribution < 1.29 is 0 Å². The Labute approximate surface area is 97.0 Å². The Balaban J connectivity index is 2.10. The Morgan fingerprint density at radius 1 is 1.21 bits per heavy atom. The molecule has 0 amide bonds. The maximum absolute atomic E-state index is 2.24. The third kappa shape index (κ3) is 2.41. The van der Waals surface area contributed by atoms with Gasteiger partial charge in [0.25, 0.3) is 0 Å².